The van der Waals surface area contributed by atoms with Crippen molar-refractivity contribution in [3.05, 3.63) is 133 Å². The normalized spacial score (nSPS) is 10.6. The fourth-order valence-corrected chi connectivity index (χ4v) is 4.73. The summed E-state index contributed by atoms with van der Waals surface area (Å²) in [6, 6.07) is 42.1. The Kier molecular flexibility index (Phi) is 7.23. The molecular formula is C33H21IrN2O2-. The Balaban J connectivity index is 0.000000253. The van der Waals surface area contributed by atoms with Crippen LogP contribution in [-0.4, -0.2) is 21.0 Å². The smallest absolute Gasteiger partial charge is 0.354 e. The molecular weight excluding hydrogens is 649 g/mol. The molecule has 0 atom stereocenters. The molecule has 1 aliphatic rings. The fraction of sp³-hybridized carbons (Fsp3) is 0. The Morgan fingerprint density at radius 1 is 0.684 bits per heavy atom. The van der Waals surface area contributed by atoms with Crippen LogP contribution in [-0.2, 0) is 20.1 Å². The third-order valence-electron chi connectivity index (χ3n) is 6.41. The molecule has 0 saturated carbocycles. The largest absolute Gasteiger partial charge is 0.477 e. The maximum atomic E-state index is 10.1. The molecule has 0 aliphatic heterocycles. The molecule has 0 saturated heterocycles. The predicted octanol–water partition coefficient (Wildman–Crippen LogP) is 7.79. The van der Waals surface area contributed by atoms with Gasteiger partial charge >= 0.3 is 5.97 Å². The van der Waals surface area contributed by atoms with Gasteiger partial charge in [-0.05, 0) is 51.7 Å². The number of rotatable bonds is 3. The first kappa shape index (κ1) is 25.2. The number of carbonyl (C=O) groups is 1. The van der Waals surface area contributed by atoms with Gasteiger partial charge in [-0.25, -0.2) is 9.78 Å². The van der Waals surface area contributed by atoms with Crippen LogP contribution in [0.1, 0.15) is 10.5 Å². The number of carboxylic acids is 1. The van der Waals surface area contributed by atoms with Gasteiger partial charge in [-0.2, -0.15) is 0 Å². The van der Waals surface area contributed by atoms with Crippen molar-refractivity contribution in [3.8, 4) is 44.6 Å². The van der Waals surface area contributed by atoms with Crippen LogP contribution < -0.4 is 0 Å². The van der Waals surface area contributed by atoms with Crippen molar-refractivity contribution in [1.29, 1.82) is 0 Å². The molecule has 2 heterocycles. The van der Waals surface area contributed by atoms with Gasteiger partial charge in [0, 0.05) is 31.7 Å². The first-order valence-corrected chi connectivity index (χ1v) is 11.9. The summed E-state index contributed by atoms with van der Waals surface area (Å²) in [6.07, 6.45) is 1.45. The van der Waals surface area contributed by atoms with Crippen LogP contribution >= 0.6 is 0 Å². The predicted molar refractivity (Wildman–Crippen MR) is 147 cm³/mol. The number of nitrogens with zero attached hydrogens (tertiary/aromatic N) is 2. The number of benzene rings is 4. The first-order valence-electron chi connectivity index (χ1n) is 11.9. The Morgan fingerprint density at radius 2 is 1.39 bits per heavy atom. The topological polar surface area (TPSA) is 63.1 Å². The van der Waals surface area contributed by atoms with E-state index in [4.69, 9.17) is 10.1 Å². The number of aromatic carboxylic acids is 1. The molecule has 0 unspecified atom stereocenters. The zero-order valence-electron chi connectivity index (χ0n) is 20.1. The molecule has 1 aliphatic carbocycles. The average Bonchev–Trinajstić information content (AvgIpc) is 3.29. The maximum Gasteiger partial charge on any atom is 0.354 e. The summed E-state index contributed by atoms with van der Waals surface area (Å²) in [6.45, 7) is 0. The number of hydrogen-bond donors (Lipinski definition) is 1. The van der Waals surface area contributed by atoms with Gasteiger partial charge in [0.15, 0.2) is 0 Å². The van der Waals surface area contributed by atoms with Crippen molar-refractivity contribution < 1.29 is 30.0 Å². The minimum absolute atomic E-state index is 0. The molecule has 7 rings (SSSR count). The summed E-state index contributed by atoms with van der Waals surface area (Å²) in [7, 11) is 0. The van der Waals surface area contributed by atoms with E-state index in [0.29, 0.717) is 0 Å². The van der Waals surface area contributed by atoms with Crippen LogP contribution in [0.3, 0.4) is 0 Å². The van der Waals surface area contributed by atoms with Gasteiger partial charge in [-0.3, -0.25) is 4.98 Å². The Labute approximate surface area is 234 Å². The summed E-state index contributed by atoms with van der Waals surface area (Å²) in [5, 5.41) is 9.58. The van der Waals surface area contributed by atoms with Gasteiger partial charge in [0.1, 0.15) is 5.69 Å². The molecule has 38 heavy (non-hydrogen) atoms. The van der Waals surface area contributed by atoms with Gasteiger partial charge in [0.25, 0.3) is 0 Å². The van der Waals surface area contributed by atoms with Crippen LogP contribution in [0.25, 0.3) is 55.5 Å². The van der Waals surface area contributed by atoms with E-state index in [0.717, 1.165) is 16.8 Å². The molecule has 1 N–H and O–H groups in total. The average molecular weight is 670 g/mol. The van der Waals surface area contributed by atoms with Crippen LogP contribution in [0.4, 0.5) is 0 Å². The molecule has 0 bridgehead atoms. The number of carboxylic acid groups (broad SMARTS) is 1. The molecule has 0 fully saturated rings. The second kappa shape index (κ2) is 10.9. The van der Waals surface area contributed by atoms with E-state index >= 15 is 0 Å². The third-order valence-corrected chi connectivity index (χ3v) is 6.41. The number of hydrogen-bond acceptors (Lipinski definition) is 3. The zero-order chi connectivity index (χ0) is 25.2. The summed E-state index contributed by atoms with van der Waals surface area (Å²) < 4.78 is 0. The van der Waals surface area contributed by atoms with E-state index in [9.17, 15) is 4.79 Å². The van der Waals surface area contributed by atoms with E-state index in [1.807, 2.05) is 12.1 Å². The molecule has 6 aromatic rings. The molecule has 1 radical (unpaired) electrons. The number of pyridine rings is 2. The number of aromatic nitrogens is 2. The van der Waals surface area contributed by atoms with E-state index in [1.54, 1.807) is 12.1 Å². The molecule has 0 spiro atoms. The van der Waals surface area contributed by atoms with Gasteiger partial charge in [-0.1, -0.05) is 78.9 Å². The van der Waals surface area contributed by atoms with Gasteiger partial charge in [0.2, 0.25) is 0 Å². The van der Waals surface area contributed by atoms with E-state index in [2.05, 4.69) is 96.0 Å². The minimum Gasteiger partial charge on any atom is -0.477 e. The van der Waals surface area contributed by atoms with E-state index in [1.165, 1.54) is 51.0 Å². The van der Waals surface area contributed by atoms with Crippen molar-refractivity contribution in [2.24, 2.45) is 0 Å². The Hall–Kier alpha value is -4.44. The van der Waals surface area contributed by atoms with Gasteiger partial charge in [0.05, 0.1) is 5.52 Å². The van der Waals surface area contributed by atoms with Crippen LogP contribution in [0.2, 0.25) is 0 Å². The standard InChI is InChI=1S/C27H16N.C6H5NO2.Ir/c1-2-8-18(9-3-1)19-10-6-11-20(16-19)26-17-24-22-13-5-4-12-21(22)23-14-7-15-25(28-26)27(23)24;8-6(9)5-3-1-2-4-7-5;/h1-10,12-17H;1-4H,(H,8,9);/q-1;;. The summed E-state index contributed by atoms with van der Waals surface area (Å²) in [5.74, 6) is -0.990. The molecule has 5 heteroatoms. The zero-order valence-corrected chi connectivity index (χ0v) is 22.5. The molecule has 0 amide bonds. The van der Waals surface area contributed by atoms with Crippen molar-refractivity contribution in [3.63, 3.8) is 0 Å². The summed E-state index contributed by atoms with van der Waals surface area (Å²) in [4.78, 5) is 18.7. The summed E-state index contributed by atoms with van der Waals surface area (Å²) >= 11 is 0. The third kappa shape index (κ3) is 4.78. The van der Waals surface area contributed by atoms with E-state index in [-0.39, 0.29) is 25.8 Å². The molecule has 4 aromatic carbocycles. The van der Waals surface area contributed by atoms with Crippen LogP contribution in [0, 0.1) is 6.07 Å². The first-order chi connectivity index (χ1) is 18.2. The quantitative estimate of drug-likeness (QED) is 0.195. The van der Waals surface area contributed by atoms with Crippen molar-refractivity contribution in [2.45, 2.75) is 0 Å². The minimum atomic E-state index is -0.990. The maximum absolute atomic E-state index is 10.1. The summed E-state index contributed by atoms with van der Waals surface area (Å²) in [5.41, 5.74) is 10.6. The van der Waals surface area contributed by atoms with Crippen molar-refractivity contribution in [2.75, 3.05) is 0 Å². The Morgan fingerprint density at radius 3 is 2.11 bits per heavy atom. The number of fused-ring (bicyclic) bond motifs is 3. The molecule has 4 nitrogen and oxygen atoms in total. The molecule has 185 valence electrons. The molecule has 2 aromatic heterocycles. The van der Waals surface area contributed by atoms with Gasteiger partial charge < -0.3 is 5.11 Å². The van der Waals surface area contributed by atoms with Gasteiger partial charge in [-0.15, -0.1) is 35.4 Å². The second-order valence-corrected chi connectivity index (χ2v) is 8.68. The monoisotopic (exact) mass is 670 g/mol. The fourth-order valence-electron chi connectivity index (χ4n) is 4.73. The SMILES string of the molecule is O=C(O)c1ccccn1.[Ir].[c-]1ccc(-c2ccccc2)cc1-c1cc2c3c(cccc3n1)-c1ccccc1-2. The van der Waals surface area contributed by atoms with Crippen molar-refractivity contribution in [1.82, 2.24) is 9.97 Å². The van der Waals surface area contributed by atoms with Crippen LogP contribution in [0.15, 0.2) is 121 Å². The van der Waals surface area contributed by atoms with Crippen molar-refractivity contribution >= 4 is 16.9 Å². The Bertz CT molecular complexity index is 1750. The second-order valence-electron chi connectivity index (χ2n) is 8.68. The van der Waals surface area contributed by atoms with Crippen LogP contribution in [0.5, 0.6) is 0 Å². The van der Waals surface area contributed by atoms with E-state index < -0.39 is 5.97 Å².